The third kappa shape index (κ3) is 6.84. The summed E-state index contributed by atoms with van der Waals surface area (Å²) in [5, 5.41) is 15.5. The minimum atomic E-state index is 0. The van der Waals surface area contributed by atoms with Gasteiger partial charge in [-0.1, -0.05) is 20.3 Å². The van der Waals surface area contributed by atoms with E-state index in [0.717, 1.165) is 63.4 Å². The highest BCUT2D eigenvalue weighted by Crippen LogP contribution is 2.14. The summed E-state index contributed by atoms with van der Waals surface area (Å²) < 4.78 is 8.18. The first-order valence-electron chi connectivity index (χ1n) is 10.3. The third-order valence-electron chi connectivity index (χ3n) is 5.17. The van der Waals surface area contributed by atoms with Crippen LogP contribution in [0.5, 0.6) is 0 Å². The Morgan fingerprint density at radius 1 is 1.21 bits per heavy atom. The molecule has 1 fully saturated rings. The van der Waals surface area contributed by atoms with Crippen molar-refractivity contribution in [3.63, 3.8) is 0 Å². The molecule has 0 bridgehead atoms. The van der Waals surface area contributed by atoms with E-state index in [-0.39, 0.29) is 30.1 Å². The molecule has 3 rings (SSSR count). The van der Waals surface area contributed by atoms with E-state index in [1.54, 1.807) is 7.05 Å². The van der Waals surface area contributed by atoms with Crippen molar-refractivity contribution in [1.82, 2.24) is 30.3 Å². The van der Waals surface area contributed by atoms with Crippen molar-refractivity contribution in [3.05, 3.63) is 11.6 Å². The first-order valence-corrected chi connectivity index (χ1v) is 10.3. The van der Waals surface area contributed by atoms with Gasteiger partial charge in [0.1, 0.15) is 5.82 Å². The zero-order chi connectivity index (χ0) is 19.1. The largest absolute Gasteiger partial charge is 0.374 e. The SMILES string of the molecule is CN=C(NCc1nnc2n1CCCCC2)NCC1CN(CC(C)C)CCO1.I. The number of ether oxygens (including phenoxy) is 1. The lowest BCUT2D eigenvalue weighted by molar-refractivity contribution is -0.0284. The van der Waals surface area contributed by atoms with Gasteiger partial charge in [0, 0.05) is 46.2 Å². The fourth-order valence-electron chi connectivity index (χ4n) is 3.86. The number of aromatic nitrogens is 3. The molecule has 0 spiro atoms. The van der Waals surface area contributed by atoms with Crippen LogP contribution in [0.4, 0.5) is 0 Å². The van der Waals surface area contributed by atoms with Gasteiger partial charge in [0.15, 0.2) is 11.8 Å². The van der Waals surface area contributed by atoms with Gasteiger partial charge in [-0.05, 0) is 18.8 Å². The van der Waals surface area contributed by atoms with Gasteiger partial charge >= 0.3 is 0 Å². The van der Waals surface area contributed by atoms with Gasteiger partial charge in [-0.25, -0.2) is 0 Å². The Labute approximate surface area is 185 Å². The second-order valence-electron chi connectivity index (χ2n) is 7.95. The first-order chi connectivity index (χ1) is 13.2. The topological polar surface area (TPSA) is 79.6 Å². The van der Waals surface area contributed by atoms with E-state index in [0.29, 0.717) is 12.5 Å². The number of nitrogens with one attached hydrogen (secondary N) is 2. The van der Waals surface area contributed by atoms with E-state index in [1.165, 1.54) is 19.3 Å². The van der Waals surface area contributed by atoms with E-state index in [9.17, 15) is 0 Å². The van der Waals surface area contributed by atoms with E-state index < -0.39 is 0 Å². The Morgan fingerprint density at radius 2 is 2.07 bits per heavy atom. The lowest BCUT2D eigenvalue weighted by Gasteiger charge is -2.34. The zero-order valence-corrected chi connectivity index (χ0v) is 19.8. The predicted molar refractivity (Wildman–Crippen MR) is 122 cm³/mol. The van der Waals surface area contributed by atoms with Crippen LogP contribution in [0.3, 0.4) is 0 Å². The van der Waals surface area contributed by atoms with Crippen LogP contribution in [-0.2, 0) is 24.2 Å². The molecular formula is C19H36IN7O. The highest BCUT2D eigenvalue weighted by atomic mass is 127. The zero-order valence-electron chi connectivity index (χ0n) is 17.5. The molecule has 8 nitrogen and oxygen atoms in total. The number of nitrogens with zero attached hydrogens (tertiary/aromatic N) is 5. The lowest BCUT2D eigenvalue weighted by atomic mass is 10.2. The van der Waals surface area contributed by atoms with Crippen molar-refractivity contribution < 1.29 is 4.74 Å². The highest BCUT2D eigenvalue weighted by Gasteiger charge is 2.21. The molecule has 28 heavy (non-hydrogen) atoms. The van der Waals surface area contributed by atoms with Crippen molar-refractivity contribution in [2.24, 2.45) is 10.9 Å². The molecule has 0 amide bonds. The number of aliphatic imine (C=N–C) groups is 1. The minimum absolute atomic E-state index is 0. The number of rotatable bonds is 6. The molecule has 2 aliphatic heterocycles. The highest BCUT2D eigenvalue weighted by molar-refractivity contribution is 14.0. The molecule has 1 aromatic heterocycles. The molecule has 2 aliphatic rings. The van der Waals surface area contributed by atoms with Crippen LogP contribution >= 0.6 is 24.0 Å². The summed E-state index contributed by atoms with van der Waals surface area (Å²) >= 11 is 0. The van der Waals surface area contributed by atoms with Crippen molar-refractivity contribution in [3.8, 4) is 0 Å². The fourth-order valence-corrected chi connectivity index (χ4v) is 3.86. The van der Waals surface area contributed by atoms with Gasteiger partial charge in [0.2, 0.25) is 0 Å². The van der Waals surface area contributed by atoms with Gasteiger partial charge in [0.05, 0.1) is 19.3 Å². The van der Waals surface area contributed by atoms with E-state index >= 15 is 0 Å². The van der Waals surface area contributed by atoms with Gasteiger partial charge in [-0.2, -0.15) is 0 Å². The smallest absolute Gasteiger partial charge is 0.191 e. The normalized spacial score (nSPS) is 21.0. The minimum Gasteiger partial charge on any atom is -0.374 e. The summed E-state index contributed by atoms with van der Waals surface area (Å²) in [5.41, 5.74) is 0. The standard InChI is InChI=1S/C19H35N7O.HI/c1-15(2)13-25-9-10-27-16(14-25)11-21-19(20-3)22-12-18-24-23-17-7-5-4-6-8-26(17)18;/h15-16H,4-14H2,1-3H3,(H2,20,21,22);1H. The summed E-state index contributed by atoms with van der Waals surface area (Å²) in [4.78, 5) is 6.83. The molecule has 0 saturated carbocycles. The molecule has 9 heteroatoms. The van der Waals surface area contributed by atoms with E-state index in [2.05, 4.69) is 49.1 Å². The number of guanidine groups is 1. The number of hydrogen-bond donors (Lipinski definition) is 2. The molecular weight excluding hydrogens is 469 g/mol. The number of morpholine rings is 1. The van der Waals surface area contributed by atoms with Crippen LogP contribution in [-0.4, -0.2) is 71.6 Å². The summed E-state index contributed by atoms with van der Waals surface area (Å²) in [7, 11) is 1.80. The van der Waals surface area contributed by atoms with E-state index in [1.807, 2.05) is 0 Å². The second-order valence-corrected chi connectivity index (χ2v) is 7.95. The van der Waals surface area contributed by atoms with Crippen LogP contribution in [0, 0.1) is 5.92 Å². The van der Waals surface area contributed by atoms with Crippen LogP contribution in [0.1, 0.15) is 44.8 Å². The number of aryl methyl sites for hydroxylation is 1. The van der Waals surface area contributed by atoms with Gasteiger partial charge in [0.25, 0.3) is 0 Å². The van der Waals surface area contributed by atoms with Crippen molar-refractivity contribution in [1.29, 1.82) is 0 Å². The molecule has 1 aromatic rings. The Hall–Kier alpha value is -0.940. The number of hydrogen-bond acceptors (Lipinski definition) is 5. The summed E-state index contributed by atoms with van der Waals surface area (Å²) in [6, 6.07) is 0. The summed E-state index contributed by atoms with van der Waals surface area (Å²) in [6.07, 6.45) is 4.92. The van der Waals surface area contributed by atoms with Gasteiger partial charge in [-0.3, -0.25) is 9.89 Å². The number of halogens is 1. The maximum absolute atomic E-state index is 5.91. The van der Waals surface area contributed by atoms with Gasteiger partial charge < -0.3 is 19.9 Å². The quantitative estimate of drug-likeness (QED) is 0.348. The van der Waals surface area contributed by atoms with Crippen LogP contribution < -0.4 is 10.6 Å². The molecule has 1 saturated heterocycles. The molecule has 1 atom stereocenters. The van der Waals surface area contributed by atoms with E-state index in [4.69, 9.17) is 4.74 Å². The molecule has 1 unspecified atom stereocenters. The average molecular weight is 505 g/mol. The van der Waals surface area contributed by atoms with Crippen LogP contribution in [0.2, 0.25) is 0 Å². The predicted octanol–water partition coefficient (Wildman–Crippen LogP) is 1.64. The molecule has 3 heterocycles. The van der Waals surface area contributed by atoms with Crippen molar-refractivity contribution in [2.45, 2.75) is 58.7 Å². The molecule has 2 N–H and O–H groups in total. The average Bonchev–Trinajstić information content (AvgIpc) is 2.88. The fraction of sp³-hybridized carbons (Fsp3) is 0.842. The Balaban J connectivity index is 0.00000280. The first kappa shape index (κ1) is 23.3. The van der Waals surface area contributed by atoms with Crippen molar-refractivity contribution in [2.75, 3.05) is 39.8 Å². The second kappa shape index (κ2) is 11.9. The Morgan fingerprint density at radius 3 is 2.86 bits per heavy atom. The van der Waals surface area contributed by atoms with Crippen molar-refractivity contribution >= 4 is 29.9 Å². The summed E-state index contributed by atoms with van der Waals surface area (Å²) in [5.74, 6) is 3.58. The molecule has 160 valence electrons. The Kier molecular flexibility index (Phi) is 9.93. The van der Waals surface area contributed by atoms with Gasteiger partial charge in [-0.15, -0.1) is 34.2 Å². The van der Waals surface area contributed by atoms with Crippen LogP contribution in [0.25, 0.3) is 0 Å². The Bertz CT molecular complexity index is 619. The monoisotopic (exact) mass is 505 g/mol. The third-order valence-corrected chi connectivity index (χ3v) is 5.17. The molecule has 0 aromatic carbocycles. The maximum Gasteiger partial charge on any atom is 0.191 e. The number of fused-ring (bicyclic) bond motifs is 1. The lowest BCUT2D eigenvalue weighted by Crippen LogP contribution is -2.50. The molecule has 0 radical (unpaired) electrons. The molecule has 0 aliphatic carbocycles. The maximum atomic E-state index is 5.91. The summed E-state index contributed by atoms with van der Waals surface area (Å²) in [6.45, 7) is 10.9. The van der Waals surface area contributed by atoms with Crippen LogP contribution in [0.15, 0.2) is 4.99 Å².